The smallest absolute Gasteiger partial charge is 0.326 e. The van der Waals surface area contributed by atoms with Gasteiger partial charge in [0, 0.05) is 57.1 Å². The van der Waals surface area contributed by atoms with Crippen LogP contribution in [0, 0.1) is 0 Å². The van der Waals surface area contributed by atoms with E-state index in [0.29, 0.717) is 11.4 Å². The molecule has 0 spiro atoms. The number of aromatic nitrogens is 2. The Labute approximate surface area is 428 Å². The lowest BCUT2D eigenvalue weighted by molar-refractivity contribution is -0.145. The molecule has 74 heavy (non-hydrogen) atoms. The number of carboxylic acid groups (broad SMARTS) is 4. The van der Waals surface area contributed by atoms with Gasteiger partial charge >= 0.3 is 23.9 Å². The van der Waals surface area contributed by atoms with E-state index >= 15 is 0 Å². The summed E-state index contributed by atoms with van der Waals surface area (Å²) in [4.78, 5) is 176. The summed E-state index contributed by atoms with van der Waals surface area (Å²) < 4.78 is 0. The van der Waals surface area contributed by atoms with Crippen molar-refractivity contribution in [3.63, 3.8) is 0 Å². The molecule has 0 bridgehead atoms. The molecule has 410 valence electrons. The fourth-order valence-electron chi connectivity index (χ4n) is 8.10. The molecule has 3 heterocycles. The molecule has 2 aliphatic heterocycles. The number of nitrogens with one attached hydrogen (secondary N) is 7. The summed E-state index contributed by atoms with van der Waals surface area (Å²) in [5.41, 5.74) is 11.4. The Bertz CT molecular complexity index is 2220. The Kier molecular flexibility index (Phi) is 24.7. The summed E-state index contributed by atoms with van der Waals surface area (Å²) in [7, 11) is 0. The van der Waals surface area contributed by atoms with Gasteiger partial charge in [0.15, 0.2) is 0 Å². The molecular weight excluding hydrogens is 1000 g/mol. The Balaban J connectivity index is 1.78. The second kappa shape index (κ2) is 30.0. The van der Waals surface area contributed by atoms with Gasteiger partial charge in [-0.2, -0.15) is 11.8 Å². The number of carbonyl (C=O) groups is 13. The highest BCUT2D eigenvalue weighted by Gasteiger charge is 2.43. The monoisotopic (exact) mass is 1070 g/mol. The van der Waals surface area contributed by atoms with E-state index in [4.69, 9.17) is 11.5 Å². The highest BCUT2D eigenvalue weighted by atomic mass is 32.2. The van der Waals surface area contributed by atoms with Crippen LogP contribution in [0.4, 0.5) is 0 Å². The van der Waals surface area contributed by atoms with Crippen LogP contribution in [0.5, 0.6) is 0 Å². The van der Waals surface area contributed by atoms with Crippen molar-refractivity contribution < 1.29 is 82.8 Å². The lowest BCUT2D eigenvalue weighted by Gasteiger charge is -2.32. The number of nitrogens with zero attached hydrogens (tertiary/aromatic N) is 3. The summed E-state index contributed by atoms with van der Waals surface area (Å²) in [6.07, 6.45) is 1.03. The molecule has 3 rings (SSSR count). The number of carbonyl (C=O) groups excluding carboxylic acids is 9. The van der Waals surface area contributed by atoms with E-state index in [9.17, 15) is 82.8 Å². The largest absolute Gasteiger partial charge is 0.481 e. The lowest BCUT2D eigenvalue weighted by atomic mass is 10.0. The van der Waals surface area contributed by atoms with Crippen molar-refractivity contribution in [1.82, 2.24) is 51.7 Å². The summed E-state index contributed by atoms with van der Waals surface area (Å²) in [5, 5.41) is 52.6. The normalized spacial score (nSPS) is 18.0. The van der Waals surface area contributed by atoms with E-state index in [2.05, 4.69) is 41.9 Å². The maximum absolute atomic E-state index is 14.2. The molecule has 1 aromatic rings. The van der Waals surface area contributed by atoms with Gasteiger partial charge in [-0.15, -0.1) is 0 Å². The average Bonchev–Trinajstić information content (AvgIpc) is 4.16. The third-order valence-corrected chi connectivity index (χ3v) is 12.8. The standard InChI is InChI=1S/C44H66N12O17S/c1-22(36(64)54-29(19-23-20-47-21-48-23)39(67)53-28(44(72)73)15-18-74-2)49-40(68)30-5-3-16-55(30)43(71)27(10-14-35(62)63)52-41(69)31-6-4-17-56(31)42(70)26(9-13-34(60)61)51-38(66)25(8-12-33(58)59)50-37(65)24(45)7-11-32(46)57/h20-22,24-31H,3-19,45H2,1-2H3,(H2,46,57)(H,47,48)(H,49,68)(H,50,65)(H,51,66)(H,52,69)(H,53,67)(H,54,64)(H,58,59)(H,60,61)(H,62,63)(H,72,73)/t22-,24-,25-,26-,27-,28-,29-,30-,31-/m0/s1. The molecule has 0 aromatic carbocycles. The molecule has 0 radical (unpaired) electrons. The van der Waals surface area contributed by atoms with Crippen LogP contribution in [-0.2, 0) is 68.7 Å². The van der Waals surface area contributed by atoms with E-state index in [1.165, 1.54) is 31.2 Å². The molecule has 2 saturated heterocycles. The van der Waals surface area contributed by atoms with E-state index in [-0.39, 0.29) is 64.5 Å². The first kappa shape index (κ1) is 60.9. The number of hydrogen-bond donors (Lipinski definition) is 13. The van der Waals surface area contributed by atoms with Gasteiger partial charge in [0.05, 0.1) is 12.4 Å². The third kappa shape index (κ3) is 19.6. The van der Waals surface area contributed by atoms with Crippen molar-refractivity contribution in [1.29, 1.82) is 0 Å². The van der Waals surface area contributed by atoms with Crippen molar-refractivity contribution in [3.05, 3.63) is 18.2 Å². The average molecular weight is 1070 g/mol. The lowest BCUT2D eigenvalue weighted by Crippen LogP contribution is -2.60. The molecule has 0 aliphatic carbocycles. The Morgan fingerprint density at radius 3 is 1.59 bits per heavy atom. The van der Waals surface area contributed by atoms with Gasteiger partial charge in [-0.1, -0.05) is 0 Å². The number of likely N-dealkylation sites (tertiary alicyclic amines) is 2. The second-order valence-corrected chi connectivity index (χ2v) is 18.7. The van der Waals surface area contributed by atoms with Crippen LogP contribution >= 0.6 is 11.8 Å². The predicted octanol–water partition coefficient (Wildman–Crippen LogP) is -4.11. The second-order valence-electron chi connectivity index (χ2n) is 17.7. The van der Waals surface area contributed by atoms with Gasteiger partial charge in [-0.25, -0.2) is 9.78 Å². The SMILES string of the molecule is CSCC[C@H](NC(=O)[C@H](Cc1cnc[nH]1)NC(=O)[C@H](C)NC(=O)[C@@H]1CCCN1C(=O)[C@H](CCC(=O)O)NC(=O)[C@@H]1CCCN1C(=O)[C@H](CCC(=O)O)NC(=O)[C@H](CCC(=O)O)NC(=O)[C@@H](N)CCC(N)=O)C(=O)O. The molecule has 2 fully saturated rings. The highest BCUT2D eigenvalue weighted by molar-refractivity contribution is 7.98. The molecule has 29 nitrogen and oxygen atoms in total. The molecular formula is C44H66N12O17S. The molecule has 2 aliphatic rings. The number of thioether (sulfide) groups is 1. The fraction of sp³-hybridized carbons (Fsp3) is 0.636. The molecule has 9 amide bonds. The number of H-pyrrole nitrogens is 1. The Morgan fingerprint density at radius 2 is 1.11 bits per heavy atom. The zero-order valence-electron chi connectivity index (χ0n) is 40.9. The third-order valence-electron chi connectivity index (χ3n) is 12.1. The minimum absolute atomic E-state index is 0.00520. The van der Waals surface area contributed by atoms with Crippen LogP contribution in [0.15, 0.2) is 12.5 Å². The Hall–Kier alpha value is -7.37. The number of carboxylic acids is 4. The van der Waals surface area contributed by atoms with Crippen molar-refractivity contribution in [2.45, 2.75) is 151 Å². The Morgan fingerprint density at radius 1 is 0.635 bits per heavy atom. The first-order valence-corrected chi connectivity index (χ1v) is 25.1. The zero-order chi connectivity index (χ0) is 55.2. The van der Waals surface area contributed by atoms with Crippen LogP contribution in [0.25, 0.3) is 0 Å². The molecule has 15 N–H and O–H groups in total. The van der Waals surface area contributed by atoms with Crippen molar-refractivity contribution in [2.24, 2.45) is 11.5 Å². The molecule has 30 heteroatoms. The minimum Gasteiger partial charge on any atom is -0.481 e. The summed E-state index contributed by atoms with van der Waals surface area (Å²) >= 11 is 1.37. The number of primary amides is 1. The quantitative estimate of drug-likeness (QED) is 0.0326. The van der Waals surface area contributed by atoms with E-state index in [1.807, 2.05) is 0 Å². The van der Waals surface area contributed by atoms with E-state index in [0.717, 1.165) is 9.80 Å². The van der Waals surface area contributed by atoms with Crippen molar-refractivity contribution in [3.8, 4) is 0 Å². The molecule has 0 unspecified atom stereocenters. The van der Waals surface area contributed by atoms with Gasteiger partial charge < -0.3 is 78.6 Å². The van der Waals surface area contributed by atoms with Crippen molar-refractivity contribution in [2.75, 3.05) is 25.1 Å². The van der Waals surface area contributed by atoms with Crippen LogP contribution in [0.2, 0.25) is 0 Å². The maximum atomic E-state index is 14.2. The van der Waals surface area contributed by atoms with Gasteiger partial charge in [-0.05, 0) is 76.7 Å². The molecule has 9 atom stereocenters. The predicted molar refractivity (Wildman–Crippen MR) is 257 cm³/mol. The minimum atomic E-state index is -1.66. The van der Waals surface area contributed by atoms with Gasteiger partial charge in [-0.3, -0.25) is 57.5 Å². The van der Waals surface area contributed by atoms with Crippen molar-refractivity contribution >= 4 is 88.8 Å². The summed E-state index contributed by atoms with van der Waals surface area (Å²) in [5.74, 6) is -13.0. The number of aromatic amines is 1. The number of aliphatic carboxylic acids is 4. The highest BCUT2D eigenvalue weighted by Crippen LogP contribution is 2.23. The maximum Gasteiger partial charge on any atom is 0.326 e. The topological polar surface area (TPSA) is 462 Å². The zero-order valence-corrected chi connectivity index (χ0v) is 41.7. The van der Waals surface area contributed by atoms with E-state index in [1.54, 1.807) is 6.26 Å². The van der Waals surface area contributed by atoms with Crippen LogP contribution in [0.3, 0.4) is 0 Å². The number of imidazole rings is 1. The van der Waals surface area contributed by atoms with E-state index < -0.39 is 170 Å². The van der Waals surface area contributed by atoms with Gasteiger partial charge in [0.25, 0.3) is 0 Å². The van der Waals surface area contributed by atoms with Crippen LogP contribution in [0.1, 0.15) is 96.1 Å². The summed E-state index contributed by atoms with van der Waals surface area (Å²) in [6, 6.07) is -12.7. The van der Waals surface area contributed by atoms with Gasteiger partial charge in [0.2, 0.25) is 53.2 Å². The number of nitrogens with two attached hydrogens (primary N) is 2. The van der Waals surface area contributed by atoms with Gasteiger partial charge in [0.1, 0.15) is 48.3 Å². The number of hydrogen-bond acceptors (Lipinski definition) is 16. The van der Waals surface area contributed by atoms with Crippen LogP contribution in [-0.4, -0.2) is 197 Å². The molecule has 1 aromatic heterocycles. The summed E-state index contributed by atoms with van der Waals surface area (Å²) in [6.45, 7) is 1.17. The number of amides is 9. The first-order valence-electron chi connectivity index (χ1n) is 23.7. The fourth-order valence-corrected chi connectivity index (χ4v) is 8.58. The van der Waals surface area contributed by atoms with Crippen LogP contribution < -0.4 is 43.4 Å². The number of rotatable bonds is 32. The first-order chi connectivity index (χ1) is 34.9. The molecule has 0 saturated carbocycles.